The van der Waals surface area contributed by atoms with E-state index < -0.39 is 18.0 Å². The Morgan fingerprint density at radius 3 is 2.62 bits per heavy atom. The lowest BCUT2D eigenvalue weighted by Crippen LogP contribution is -2.34. The maximum Gasteiger partial charge on any atom is 0.321 e. The Morgan fingerprint density at radius 2 is 2.15 bits per heavy atom. The fourth-order valence-electron chi connectivity index (χ4n) is 0.528. The number of aliphatic carboxylic acids is 1. The molecule has 0 aliphatic carbocycles. The summed E-state index contributed by atoms with van der Waals surface area (Å²) >= 11 is 1.36. The van der Waals surface area contributed by atoms with Crippen molar-refractivity contribution in [2.45, 2.75) is 6.04 Å². The standard InChI is InChI=1S/C6H13N3O3S/c7-4(5(10)11)3-13-2-1-9-6(8)12/h4H,1-3,7H2,(H,10,11)(H3,8,9,12)/t4-/m0/s1. The van der Waals surface area contributed by atoms with Crippen LogP contribution in [-0.2, 0) is 4.79 Å². The zero-order chi connectivity index (χ0) is 10.3. The second-order valence-corrected chi connectivity index (χ2v) is 3.46. The third-order valence-electron chi connectivity index (χ3n) is 1.16. The van der Waals surface area contributed by atoms with Crippen molar-refractivity contribution in [1.29, 1.82) is 0 Å². The van der Waals surface area contributed by atoms with Crippen molar-refractivity contribution in [2.24, 2.45) is 11.5 Å². The van der Waals surface area contributed by atoms with Crippen molar-refractivity contribution < 1.29 is 14.7 Å². The molecule has 7 heteroatoms. The Balaban J connectivity index is 3.26. The maximum absolute atomic E-state index is 10.2. The van der Waals surface area contributed by atoms with Crippen LogP contribution in [-0.4, -0.2) is 41.2 Å². The quantitative estimate of drug-likeness (QED) is 0.408. The molecule has 0 aromatic carbocycles. The summed E-state index contributed by atoms with van der Waals surface area (Å²) in [6.07, 6.45) is 0. The molecule has 0 radical (unpaired) electrons. The highest BCUT2D eigenvalue weighted by Crippen LogP contribution is 2.00. The average Bonchev–Trinajstić information content (AvgIpc) is 2.02. The predicted molar refractivity (Wildman–Crippen MR) is 50.5 cm³/mol. The Bertz CT molecular complexity index is 188. The largest absolute Gasteiger partial charge is 0.480 e. The van der Waals surface area contributed by atoms with Crippen molar-refractivity contribution in [2.75, 3.05) is 18.1 Å². The fourth-order valence-corrected chi connectivity index (χ4v) is 1.34. The highest BCUT2D eigenvalue weighted by Gasteiger charge is 2.10. The Kier molecular flexibility index (Phi) is 6.07. The molecule has 0 spiro atoms. The van der Waals surface area contributed by atoms with E-state index in [4.69, 9.17) is 16.6 Å². The number of nitrogens with two attached hydrogens (primary N) is 2. The summed E-state index contributed by atoms with van der Waals surface area (Å²) in [7, 11) is 0. The third-order valence-corrected chi connectivity index (χ3v) is 2.25. The molecule has 0 fully saturated rings. The van der Waals surface area contributed by atoms with Crippen LogP contribution in [0.15, 0.2) is 0 Å². The third kappa shape index (κ3) is 7.41. The lowest BCUT2D eigenvalue weighted by molar-refractivity contribution is -0.137. The first kappa shape index (κ1) is 12.0. The number of carboxylic acids is 1. The van der Waals surface area contributed by atoms with E-state index in [1.165, 1.54) is 11.8 Å². The number of thioether (sulfide) groups is 1. The minimum absolute atomic E-state index is 0.329. The average molecular weight is 207 g/mol. The summed E-state index contributed by atoms with van der Waals surface area (Å²) in [5.74, 6) is -0.0879. The van der Waals surface area contributed by atoms with Gasteiger partial charge in [0.2, 0.25) is 0 Å². The molecule has 0 unspecified atom stereocenters. The molecule has 0 aliphatic heterocycles. The van der Waals surface area contributed by atoms with Gasteiger partial charge < -0.3 is 21.9 Å². The molecule has 0 aromatic rings. The van der Waals surface area contributed by atoms with Gasteiger partial charge in [-0.3, -0.25) is 4.79 Å². The molecule has 6 N–H and O–H groups in total. The first-order chi connectivity index (χ1) is 6.04. The summed E-state index contributed by atoms with van der Waals surface area (Å²) < 4.78 is 0. The number of carbonyl (C=O) groups is 2. The van der Waals surface area contributed by atoms with Gasteiger partial charge in [-0.05, 0) is 0 Å². The van der Waals surface area contributed by atoms with Gasteiger partial charge in [0.15, 0.2) is 0 Å². The zero-order valence-electron chi connectivity index (χ0n) is 7.03. The van der Waals surface area contributed by atoms with Gasteiger partial charge in [0.1, 0.15) is 6.04 Å². The molecule has 1 atom stereocenters. The van der Waals surface area contributed by atoms with E-state index in [9.17, 15) is 9.59 Å². The Morgan fingerprint density at radius 1 is 1.54 bits per heavy atom. The molecule has 0 aromatic heterocycles. The minimum Gasteiger partial charge on any atom is -0.480 e. The van der Waals surface area contributed by atoms with Gasteiger partial charge in [0.05, 0.1) is 0 Å². The van der Waals surface area contributed by atoms with Crippen LogP contribution < -0.4 is 16.8 Å². The number of rotatable bonds is 6. The predicted octanol–water partition coefficient (Wildman–Crippen LogP) is -1.20. The lowest BCUT2D eigenvalue weighted by atomic mass is 10.4. The SMILES string of the molecule is NC(=O)NCCSC[C@H](N)C(=O)O. The number of amides is 2. The van der Waals surface area contributed by atoms with Crippen molar-refractivity contribution in [1.82, 2.24) is 5.32 Å². The van der Waals surface area contributed by atoms with E-state index in [0.29, 0.717) is 18.1 Å². The van der Waals surface area contributed by atoms with Crippen molar-refractivity contribution in [3.05, 3.63) is 0 Å². The molecule has 0 saturated carbocycles. The second-order valence-electron chi connectivity index (χ2n) is 2.31. The molecule has 0 aliphatic rings. The van der Waals surface area contributed by atoms with Crippen LogP contribution in [0, 0.1) is 0 Å². The first-order valence-corrected chi connectivity index (χ1v) is 4.79. The van der Waals surface area contributed by atoms with Gasteiger partial charge in [-0.25, -0.2) is 4.79 Å². The zero-order valence-corrected chi connectivity index (χ0v) is 7.84. The number of carboxylic acid groups (broad SMARTS) is 1. The van der Waals surface area contributed by atoms with Crippen LogP contribution in [0.2, 0.25) is 0 Å². The topological polar surface area (TPSA) is 118 Å². The molecule has 76 valence electrons. The fraction of sp³-hybridized carbons (Fsp3) is 0.667. The Hall–Kier alpha value is -0.950. The number of carbonyl (C=O) groups excluding carboxylic acids is 1. The van der Waals surface area contributed by atoms with Crippen LogP contribution >= 0.6 is 11.8 Å². The summed E-state index contributed by atoms with van der Waals surface area (Å²) in [6, 6.07) is -1.43. The number of nitrogens with one attached hydrogen (secondary N) is 1. The van der Waals surface area contributed by atoms with E-state index in [-0.39, 0.29) is 0 Å². The van der Waals surface area contributed by atoms with Crippen LogP contribution in [0.3, 0.4) is 0 Å². The van der Waals surface area contributed by atoms with Crippen LogP contribution in [0.5, 0.6) is 0 Å². The van der Waals surface area contributed by atoms with E-state index >= 15 is 0 Å². The van der Waals surface area contributed by atoms with Crippen LogP contribution in [0.4, 0.5) is 4.79 Å². The van der Waals surface area contributed by atoms with E-state index in [1.807, 2.05) is 0 Å². The second kappa shape index (κ2) is 6.55. The normalized spacial score (nSPS) is 12.1. The maximum atomic E-state index is 10.2. The number of hydrogen-bond acceptors (Lipinski definition) is 4. The lowest BCUT2D eigenvalue weighted by Gasteiger charge is -2.05. The highest BCUT2D eigenvalue weighted by atomic mass is 32.2. The summed E-state index contributed by atoms with van der Waals surface area (Å²) in [4.78, 5) is 20.4. The van der Waals surface area contributed by atoms with Gasteiger partial charge in [-0.1, -0.05) is 0 Å². The van der Waals surface area contributed by atoms with Crippen molar-refractivity contribution in [3.8, 4) is 0 Å². The molecule has 13 heavy (non-hydrogen) atoms. The van der Waals surface area contributed by atoms with Gasteiger partial charge in [0.25, 0.3) is 0 Å². The molecule has 0 rings (SSSR count). The Labute approximate surface area is 80.0 Å². The van der Waals surface area contributed by atoms with Crippen LogP contribution in [0.25, 0.3) is 0 Å². The van der Waals surface area contributed by atoms with Gasteiger partial charge in [-0.15, -0.1) is 0 Å². The molecule has 0 heterocycles. The van der Waals surface area contributed by atoms with E-state index in [2.05, 4.69) is 5.32 Å². The monoisotopic (exact) mass is 207 g/mol. The molecule has 0 saturated heterocycles. The summed E-state index contributed by atoms with van der Waals surface area (Å²) in [5, 5.41) is 10.8. The van der Waals surface area contributed by atoms with E-state index in [0.717, 1.165) is 0 Å². The smallest absolute Gasteiger partial charge is 0.321 e. The highest BCUT2D eigenvalue weighted by molar-refractivity contribution is 7.99. The number of urea groups is 1. The minimum atomic E-state index is -1.02. The van der Waals surface area contributed by atoms with Gasteiger partial charge >= 0.3 is 12.0 Å². The molecular formula is C6H13N3O3S. The van der Waals surface area contributed by atoms with E-state index in [1.54, 1.807) is 0 Å². The van der Waals surface area contributed by atoms with Gasteiger partial charge in [-0.2, -0.15) is 11.8 Å². The molecule has 0 bridgehead atoms. The molecular weight excluding hydrogens is 194 g/mol. The van der Waals surface area contributed by atoms with Gasteiger partial charge in [0, 0.05) is 18.1 Å². The molecule has 2 amide bonds. The first-order valence-electron chi connectivity index (χ1n) is 3.63. The number of hydrogen-bond donors (Lipinski definition) is 4. The summed E-state index contributed by atoms with van der Waals surface area (Å²) in [5.41, 5.74) is 10.0. The van der Waals surface area contributed by atoms with Crippen LogP contribution in [0.1, 0.15) is 0 Å². The van der Waals surface area contributed by atoms with Crippen molar-refractivity contribution >= 4 is 23.8 Å². The number of primary amides is 1. The van der Waals surface area contributed by atoms with Crippen molar-refractivity contribution in [3.63, 3.8) is 0 Å². The molecule has 6 nitrogen and oxygen atoms in total. The summed E-state index contributed by atoms with van der Waals surface area (Å²) in [6.45, 7) is 0.423.